The van der Waals surface area contributed by atoms with E-state index in [9.17, 15) is 0 Å². The molecule has 0 amide bonds. The molecule has 0 aromatic heterocycles. The molecule has 118 valence electrons. The first-order valence-corrected chi connectivity index (χ1v) is 8.33. The minimum Gasteiger partial charge on any atom is -0.492 e. The Labute approximate surface area is 142 Å². The summed E-state index contributed by atoms with van der Waals surface area (Å²) < 4.78 is 5.77. The fraction of sp³-hybridized carbons (Fsp3) is 0.333. The smallest absolute Gasteiger partial charge is 0.142 e. The maximum absolute atomic E-state index is 6.25. The van der Waals surface area contributed by atoms with Crippen LogP contribution in [0.3, 0.4) is 0 Å². The standard InChI is InChI=1S/C18H21Cl2NO/c1-3-9-22-18-14(10-15(19)11-17(18)20)12-21-16-7-5-13(4-2)6-8-16/h5-8,10-11,21H,3-4,9,12H2,1-2H3. The van der Waals surface area contributed by atoms with Crippen LogP contribution in [0.2, 0.25) is 10.0 Å². The first kappa shape index (κ1) is 17.0. The molecule has 2 aromatic rings. The summed E-state index contributed by atoms with van der Waals surface area (Å²) >= 11 is 12.4. The normalized spacial score (nSPS) is 10.5. The molecule has 2 nitrogen and oxygen atoms in total. The van der Waals surface area contributed by atoms with Crippen LogP contribution in [0.1, 0.15) is 31.4 Å². The maximum Gasteiger partial charge on any atom is 0.142 e. The zero-order chi connectivity index (χ0) is 15.9. The van der Waals surface area contributed by atoms with E-state index in [4.69, 9.17) is 27.9 Å². The SMILES string of the molecule is CCCOc1c(Cl)cc(Cl)cc1CNc1ccc(CC)cc1. The molecule has 2 aromatic carbocycles. The predicted molar refractivity (Wildman–Crippen MR) is 95.4 cm³/mol. The van der Waals surface area contributed by atoms with Crippen molar-refractivity contribution in [2.45, 2.75) is 33.2 Å². The average Bonchev–Trinajstić information content (AvgIpc) is 2.52. The van der Waals surface area contributed by atoms with Gasteiger partial charge in [-0.15, -0.1) is 0 Å². The van der Waals surface area contributed by atoms with Gasteiger partial charge in [-0.05, 0) is 42.7 Å². The molecule has 0 atom stereocenters. The van der Waals surface area contributed by atoms with Crippen molar-refractivity contribution in [3.8, 4) is 5.75 Å². The van der Waals surface area contributed by atoms with Crippen molar-refractivity contribution in [3.05, 3.63) is 57.6 Å². The fourth-order valence-electron chi connectivity index (χ4n) is 2.17. The lowest BCUT2D eigenvalue weighted by Gasteiger charge is -2.15. The Balaban J connectivity index is 2.13. The zero-order valence-corrected chi connectivity index (χ0v) is 14.5. The topological polar surface area (TPSA) is 21.3 Å². The lowest BCUT2D eigenvalue weighted by molar-refractivity contribution is 0.314. The van der Waals surface area contributed by atoms with E-state index in [2.05, 4.69) is 43.4 Å². The van der Waals surface area contributed by atoms with Crippen LogP contribution < -0.4 is 10.1 Å². The molecule has 0 aliphatic rings. The first-order valence-electron chi connectivity index (χ1n) is 7.57. The highest BCUT2D eigenvalue weighted by Gasteiger charge is 2.10. The van der Waals surface area contributed by atoms with Crippen molar-refractivity contribution in [3.63, 3.8) is 0 Å². The van der Waals surface area contributed by atoms with Crippen LogP contribution in [0.4, 0.5) is 5.69 Å². The minimum absolute atomic E-state index is 0.555. The molecule has 0 saturated heterocycles. The van der Waals surface area contributed by atoms with Crippen LogP contribution in [0.25, 0.3) is 0 Å². The minimum atomic E-state index is 0.555. The third-order valence-electron chi connectivity index (χ3n) is 3.38. The van der Waals surface area contributed by atoms with Gasteiger partial charge in [-0.25, -0.2) is 0 Å². The molecule has 22 heavy (non-hydrogen) atoms. The van der Waals surface area contributed by atoms with Crippen LogP contribution >= 0.6 is 23.2 Å². The van der Waals surface area contributed by atoms with Gasteiger partial charge in [-0.3, -0.25) is 0 Å². The van der Waals surface area contributed by atoms with Crippen LogP contribution in [0.5, 0.6) is 5.75 Å². The summed E-state index contributed by atoms with van der Waals surface area (Å²) in [6.07, 6.45) is 1.98. The van der Waals surface area contributed by atoms with E-state index >= 15 is 0 Å². The van der Waals surface area contributed by atoms with Crippen molar-refractivity contribution in [2.75, 3.05) is 11.9 Å². The Kier molecular flexibility index (Phi) is 6.41. The molecule has 0 aliphatic heterocycles. The Morgan fingerprint density at radius 2 is 1.77 bits per heavy atom. The number of ether oxygens (including phenoxy) is 1. The number of hydrogen-bond acceptors (Lipinski definition) is 2. The van der Waals surface area contributed by atoms with Gasteiger partial charge in [0, 0.05) is 22.8 Å². The summed E-state index contributed by atoms with van der Waals surface area (Å²) in [6.45, 7) is 5.47. The third kappa shape index (κ3) is 4.56. The molecule has 0 fully saturated rings. The summed E-state index contributed by atoms with van der Waals surface area (Å²) in [7, 11) is 0. The number of rotatable bonds is 7. The monoisotopic (exact) mass is 337 g/mol. The molecule has 0 bridgehead atoms. The fourth-order valence-corrected chi connectivity index (χ4v) is 2.76. The van der Waals surface area contributed by atoms with Crippen molar-refractivity contribution in [1.29, 1.82) is 0 Å². The van der Waals surface area contributed by atoms with Gasteiger partial charge in [-0.2, -0.15) is 0 Å². The van der Waals surface area contributed by atoms with E-state index in [1.54, 1.807) is 6.07 Å². The molecule has 0 radical (unpaired) electrons. The highest BCUT2D eigenvalue weighted by atomic mass is 35.5. The summed E-state index contributed by atoms with van der Waals surface area (Å²) in [5, 5.41) is 4.56. The lowest BCUT2D eigenvalue weighted by Crippen LogP contribution is -2.05. The maximum atomic E-state index is 6.25. The lowest BCUT2D eigenvalue weighted by atomic mass is 10.1. The predicted octanol–water partition coefficient (Wildman–Crippen LogP) is 5.96. The highest BCUT2D eigenvalue weighted by molar-refractivity contribution is 6.35. The molecule has 0 spiro atoms. The number of aryl methyl sites for hydroxylation is 1. The number of nitrogens with one attached hydrogen (secondary N) is 1. The number of benzene rings is 2. The molecule has 1 N–H and O–H groups in total. The molecule has 4 heteroatoms. The Hall–Kier alpha value is -1.38. The quantitative estimate of drug-likeness (QED) is 0.673. The van der Waals surface area contributed by atoms with E-state index in [0.29, 0.717) is 28.9 Å². The van der Waals surface area contributed by atoms with Gasteiger partial charge in [0.05, 0.1) is 11.6 Å². The summed E-state index contributed by atoms with van der Waals surface area (Å²) in [5.41, 5.74) is 3.35. The van der Waals surface area contributed by atoms with E-state index in [0.717, 1.165) is 24.1 Å². The van der Waals surface area contributed by atoms with Gasteiger partial charge in [-0.1, -0.05) is 49.2 Å². The van der Waals surface area contributed by atoms with Gasteiger partial charge in [0.2, 0.25) is 0 Å². The number of anilines is 1. The molecule has 0 unspecified atom stereocenters. The third-order valence-corrected chi connectivity index (χ3v) is 3.88. The number of hydrogen-bond donors (Lipinski definition) is 1. The Morgan fingerprint density at radius 3 is 2.41 bits per heavy atom. The molecular formula is C18H21Cl2NO. The molecule has 0 aliphatic carbocycles. The van der Waals surface area contributed by atoms with Gasteiger partial charge in [0.15, 0.2) is 0 Å². The van der Waals surface area contributed by atoms with Crippen LogP contribution in [0.15, 0.2) is 36.4 Å². The van der Waals surface area contributed by atoms with Crippen LogP contribution in [-0.2, 0) is 13.0 Å². The second-order valence-corrected chi connectivity index (χ2v) is 5.97. The summed E-state index contributed by atoms with van der Waals surface area (Å²) in [6, 6.07) is 12.0. The Morgan fingerprint density at radius 1 is 1.05 bits per heavy atom. The number of halogens is 2. The van der Waals surface area contributed by atoms with Crippen LogP contribution in [0, 0.1) is 0 Å². The van der Waals surface area contributed by atoms with Crippen molar-refractivity contribution in [1.82, 2.24) is 0 Å². The molecule has 0 heterocycles. The van der Waals surface area contributed by atoms with Gasteiger partial charge < -0.3 is 10.1 Å². The molecule has 2 rings (SSSR count). The van der Waals surface area contributed by atoms with E-state index < -0.39 is 0 Å². The molecule has 0 saturated carbocycles. The second kappa shape index (κ2) is 8.30. The summed E-state index contributed by atoms with van der Waals surface area (Å²) in [5.74, 6) is 0.714. The first-order chi connectivity index (χ1) is 10.6. The largest absolute Gasteiger partial charge is 0.492 e. The van der Waals surface area contributed by atoms with Gasteiger partial charge in [0.25, 0.3) is 0 Å². The van der Waals surface area contributed by atoms with Crippen LogP contribution in [-0.4, -0.2) is 6.61 Å². The average molecular weight is 338 g/mol. The van der Waals surface area contributed by atoms with E-state index in [-0.39, 0.29) is 0 Å². The zero-order valence-electron chi connectivity index (χ0n) is 13.0. The highest BCUT2D eigenvalue weighted by Crippen LogP contribution is 2.33. The van der Waals surface area contributed by atoms with E-state index in [1.807, 2.05) is 6.07 Å². The van der Waals surface area contributed by atoms with Crippen molar-refractivity contribution in [2.24, 2.45) is 0 Å². The molecular weight excluding hydrogens is 317 g/mol. The van der Waals surface area contributed by atoms with Gasteiger partial charge in [0.1, 0.15) is 5.75 Å². The van der Waals surface area contributed by atoms with Crippen molar-refractivity contribution >= 4 is 28.9 Å². The Bertz CT molecular complexity index is 611. The van der Waals surface area contributed by atoms with Crippen molar-refractivity contribution < 1.29 is 4.74 Å². The second-order valence-electron chi connectivity index (χ2n) is 5.13. The van der Waals surface area contributed by atoms with Gasteiger partial charge >= 0.3 is 0 Å². The summed E-state index contributed by atoms with van der Waals surface area (Å²) in [4.78, 5) is 0. The van der Waals surface area contributed by atoms with E-state index in [1.165, 1.54) is 5.56 Å².